The number of ether oxygens (including phenoxy) is 1. The van der Waals surface area contributed by atoms with Crippen molar-refractivity contribution in [1.82, 2.24) is 5.43 Å². The van der Waals surface area contributed by atoms with Gasteiger partial charge in [-0.05, 0) is 53.6 Å². The maximum Gasteiger partial charge on any atom is 0.271 e. The van der Waals surface area contributed by atoms with Gasteiger partial charge in [-0.3, -0.25) is 4.79 Å². The van der Waals surface area contributed by atoms with Crippen molar-refractivity contribution in [3.63, 3.8) is 0 Å². The third-order valence-corrected chi connectivity index (χ3v) is 4.23. The lowest BCUT2D eigenvalue weighted by atomic mass is 10.2. The number of nitrogens with one attached hydrogen (secondary N) is 1. The van der Waals surface area contributed by atoms with Crippen LogP contribution in [0.1, 0.15) is 21.5 Å². The highest BCUT2D eigenvalue weighted by molar-refractivity contribution is 6.32. The summed E-state index contributed by atoms with van der Waals surface area (Å²) in [5, 5.41) is 4.99. The maximum atomic E-state index is 12.0. The Morgan fingerprint density at radius 2 is 1.74 bits per heavy atom. The molecular weight excluding hydrogens is 383 g/mol. The molecule has 0 heterocycles. The predicted molar refractivity (Wildman–Crippen MR) is 109 cm³/mol. The van der Waals surface area contributed by atoms with E-state index in [1.807, 2.05) is 36.4 Å². The van der Waals surface area contributed by atoms with Crippen LogP contribution < -0.4 is 10.2 Å². The third-order valence-electron chi connectivity index (χ3n) is 3.68. The topological polar surface area (TPSA) is 50.7 Å². The number of halogens is 2. The molecule has 136 valence electrons. The van der Waals surface area contributed by atoms with E-state index in [9.17, 15) is 4.79 Å². The fourth-order valence-corrected chi connectivity index (χ4v) is 2.65. The van der Waals surface area contributed by atoms with Crippen molar-refractivity contribution in [2.75, 3.05) is 0 Å². The molecule has 6 heteroatoms. The zero-order valence-electron chi connectivity index (χ0n) is 14.2. The molecule has 0 aromatic heterocycles. The Morgan fingerprint density at radius 1 is 1.00 bits per heavy atom. The highest BCUT2D eigenvalue weighted by Crippen LogP contribution is 2.25. The molecule has 1 N–H and O–H groups in total. The largest absolute Gasteiger partial charge is 0.487 e. The van der Waals surface area contributed by atoms with Crippen LogP contribution in [0.5, 0.6) is 5.75 Å². The molecule has 0 bridgehead atoms. The van der Waals surface area contributed by atoms with Crippen molar-refractivity contribution in [3.05, 3.63) is 99.5 Å². The molecule has 0 saturated carbocycles. The number of hydrogen-bond donors (Lipinski definition) is 1. The van der Waals surface area contributed by atoms with Crippen LogP contribution in [0.25, 0.3) is 0 Å². The van der Waals surface area contributed by atoms with Crippen LogP contribution in [0.15, 0.2) is 77.9 Å². The van der Waals surface area contributed by atoms with Crippen molar-refractivity contribution < 1.29 is 9.53 Å². The van der Waals surface area contributed by atoms with Gasteiger partial charge in [0, 0.05) is 10.6 Å². The summed E-state index contributed by atoms with van der Waals surface area (Å²) in [7, 11) is 0. The van der Waals surface area contributed by atoms with Crippen LogP contribution in [-0.4, -0.2) is 12.1 Å². The minimum absolute atomic E-state index is 0.322. The molecule has 0 spiro atoms. The van der Waals surface area contributed by atoms with Gasteiger partial charge in [0.15, 0.2) is 0 Å². The predicted octanol–water partition coefficient (Wildman–Crippen LogP) is 5.34. The summed E-state index contributed by atoms with van der Waals surface area (Å²) in [6, 6.07) is 21.7. The van der Waals surface area contributed by atoms with E-state index in [1.165, 1.54) is 6.21 Å². The van der Waals surface area contributed by atoms with Crippen LogP contribution in [0.2, 0.25) is 10.0 Å². The van der Waals surface area contributed by atoms with E-state index in [0.29, 0.717) is 28.0 Å². The summed E-state index contributed by atoms with van der Waals surface area (Å²) in [6.45, 7) is 0.436. The second kappa shape index (κ2) is 9.21. The Kier molecular flexibility index (Phi) is 6.47. The van der Waals surface area contributed by atoms with E-state index in [0.717, 1.165) is 11.1 Å². The summed E-state index contributed by atoms with van der Waals surface area (Å²) in [5.41, 5.74) is 4.73. The second-order valence-corrected chi connectivity index (χ2v) is 6.51. The van der Waals surface area contributed by atoms with Gasteiger partial charge in [0.2, 0.25) is 0 Å². The van der Waals surface area contributed by atoms with Gasteiger partial charge in [-0.2, -0.15) is 5.10 Å². The van der Waals surface area contributed by atoms with E-state index in [4.69, 9.17) is 27.9 Å². The lowest BCUT2D eigenvalue weighted by Crippen LogP contribution is -2.17. The molecule has 4 nitrogen and oxygen atoms in total. The Hall–Kier alpha value is -2.82. The first-order valence-electron chi connectivity index (χ1n) is 8.17. The van der Waals surface area contributed by atoms with Crippen LogP contribution in [0.3, 0.4) is 0 Å². The number of hydrogen-bond acceptors (Lipinski definition) is 3. The molecular formula is C21H16Cl2N2O2. The highest BCUT2D eigenvalue weighted by Gasteiger charge is 2.05. The van der Waals surface area contributed by atoms with Crippen LogP contribution in [0, 0.1) is 0 Å². The molecule has 0 fully saturated rings. The zero-order valence-corrected chi connectivity index (χ0v) is 15.7. The van der Waals surface area contributed by atoms with Crippen LogP contribution in [-0.2, 0) is 6.61 Å². The Labute approximate surface area is 167 Å². The molecule has 0 unspecified atom stereocenters. The third kappa shape index (κ3) is 5.58. The quantitative estimate of drug-likeness (QED) is 0.450. The number of carbonyl (C=O) groups is 1. The zero-order chi connectivity index (χ0) is 19.1. The fraction of sp³-hybridized carbons (Fsp3) is 0.0476. The van der Waals surface area contributed by atoms with E-state index in [2.05, 4.69) is 10.5 Å². The SMILES string of the molecule is O=C(N/N=C\c1ccc(OCc2ccccc2)c(Cl)c1)c1ccc(Cl)cc1. The number of rotatable bonds is 6. The van der Waals surface area contributed by atoms with Gasteiger partial charge in [0.1, 0.15) is 12.4 Å². The summed E-state index contributed by atoms with van der Waals surface area (Å²) >= 11 is 12.1. The number of benzene rings is 3. The van der Waals surface area contributed by atoms with Crippen molar-refractivity contribution in [3.8, 4) is 5.75 Å². The van der Waals surface area contributed by atoms with Gasteiger partial charge in [-0.15, -0.1) is 0 Å². The summed E-state index contributed by atoms with van der Waals surface area (Å²) in [4.78, 5) is 12.0. The minimum Gasteiger partial charge on any atom is -0.487 e. The molecule has 3 aromatic rings. The number of carbonyl (C=O) groups excluding carboxylic acids is 1. The normalized spacial score (nSPS) is 10.7. The van der Waals surface area contributed by atoms with Gasteiger partial charge in [0.25, 0.3) is 5.91 Å². The Balaban J connectivity index is 1.57. The fourth-order valence-electron chi connectivity index (χ4n) is 2.28. The Morgan fingerprint density at radius 3 is 2.44 bits per heavy atom. The standard InChI is InChI=1S/C21H16Cl2N2O2/c22-18-9-7-17(8-10-18)21(26)25-24-13-16-6-11-20(19(23)12-16)27-14-15-4-2-1-3-5-15/h1-13H,14H2,(H,25,26)/b24-13-. The van der Waals surface area contributed by atoms with E-state index < -0.39 is 0 Å². The second-order valence-electron chi connectivity index (χ2n) is 5.67. The van der Waals surface area contributed by atoms with E-state index in [-0.39, 0.29) is 5.91 Å². The van der Waals surface area contributed by atoms with Crippen molar-refractivity contribution >= 4 is 35.3 Å². The molecule has 0 aliphatic heterocycles. The lowest BCUT2D eigenvalue weighted by Gasteiger charge is -2.08. The molecule has 3 rings (SSSR count). The van der Waals surface area contributed by atoms with E-state index >= 15 is 0 Å². The number of nitrogens with zero attached hydrogens (tertiary/aromatic N) is 1. The molecule has 0 radical (unpaired) electrons. The monoisotopic (exact) mass is 398 g/mol. The summed E-state index contributed by atoms with van der Waals surface area (Å²) in [5.74, 6) is 0.264. The van der Waals surface area contributed by atoms with Gasteiger partial charge in [0.05, 0.1) is 11.2 Å². The highest BCUT2D eigenvalue weighted by atomic mass is 35.5. The molecule has 1 amide bonds. The molecule has 27 heavy (non-hydrogen) atoms. The van der Waals surface area contributed by atoms with Crippen LogP contribution in [0.4, 0.5) is 0 Å². The lowest BCUT2D eigenvalue weighted by molar-refractivity contribution is 0.0955. The first kappa shape index (κ1) is 19.0. The van der Waals surface area contributed by atoms with Gasteiger partial charge in [-0.1, -0.05) is 53.5 Å². The molecule has 0 saturated heterocycles. The van der Waals surface area contributed by atoms with Crippen molar-refractivity contribution in [2.45, 2.75) is 6.61 Å². The minimum atomic E-state index is -0.322. The summed E-state index contributed by atoms with van der Waals surface area (Å²) in [6.07, 6.45) is 1.51. The average molecular weight is 399 g/mol. The number of amides is 1. The maximum absolute atomic E-state index is 12.0. The van der Waals surface area contributed by atoms with Crippen molar-refractivity contribution in [2.24, 2.45) is 5.10 Å². The molecule has 0 aliphatic carbocycles. The smallest absolute Gasteiger partial charge is 0.271 e. The van der Waals surface area contributed by atoms with Gasteiger partial charge in [-0.25, -0.2) is 5.43 Å². The molecule has 3 aromatic carbocycles. The van der Waals surface area contributed by atoms with Gasteiger partial charge < -0.3 is 4.74 Å². The Bertz CT molecular complexity index is 942. The first-order chi connectivity index (χ1) is 13.1. The molecule has 0 atom stereocenters. The van der Waals surface area contributed by atoms with Crippen LogP contribution >= 0.6 is 23.2 Å². The van der Waals surface area contributed by atoms with Crippen molar-refractivity contribution in [1.29, 1.82) is 0 Å². The van der Waals surface area contributed by atoms with Gasteiger partial charge >= 0.3 is 0 Å². The average Bonchev–Trinajstić information content (AvgIpc) is 2.68. The molecule has 0 aliphatic rings. The van der Waals surface area contributed by atoms with E-state index in [1.54, 1.807) is 36.4 Å². The summed E-state index contributed by atoms with van der Waals surface area (Å²) < 4.78 is 5.73. The number of hydrazone groups is 1. The first-order valence-corrected chi connectivity index (χ1v) is 8.92.